The normalized spacial score (nSPS) is 11.4. The first-order valence-electron chi connectivity index (χ1n) is 7.55. The van der Waals surface area contributed by atoms with E-state index in [1.807, 2.05) is 4.72 Å². The van der Waals surface area contributed by atoms with E-state index in [-0.39, 0.29) is 26.6 Å². The van der Waals surface area contributed by atoms with Gasteiger partial charge in [-0.05, 0) is 30.3 Å². The standard InChI is InChI=1S/C16H11Cl3N2O4S3/c17-9-1-3-11(4-2-9)25-7-15-20-10(8-26-15)5-14(22)21-28(23,24)12-6-13(18)27-16(12)19/h1-4,6,8H,5,7H2,(H,21,22). The van der Waals surface area contributed by atoms with Gasteiger partial charge in [-0.15, -0.1) is 22.7 Å². The van der Waals surface area contributed by atoms with Crippen LogP contribution < -0.4 is 9.46 Å². The molecule has 0 saturated heterocycles. The van der Waals surface area contributed by atoms with Gasteiger partial charge in [0.1, 0.15) is 26.6 Å². The number of nitrogens with zero attached hydrogens (tertiary/aromatic N) is 1. The first kappa shape index (κ1) is 21.4. The third-order valence-electron chi connectivity index (χ3n) is 3.28. The van der Waals surface area contributed by atoms with Gasteiger partial charge in [0.25, 0.3) is 10.0 Å². The Balaban J connectivity index is 1.57. The van der Waals surface area contributed by atoms with Crippen LogP contribution in [0.15, 0.2) is 40.6 Å². The minimum Gasteiger partial charge on any atom is -0.486 e. The molecule has 0 radical (unpaired) electrons. The second-order valence-corrected chi connectivity index (χ2v) is 10.7. The molecule has 0 spiro atoms. The van der Waals surface area contributed by atoms with E-state index < -0.39 is 15.9 Å². The Morgan fingerprint density at radius 1 is 1.18 bits per heavy atom. The van der Waals surface area contributed by atoms with Gasteiger partial charge < -0.3 is 4.74 Å². The maximum Gasteiger partial charge on any atom is 0.266 e. The topological polar surface area (TPSA) is 85.4 Å². The van der Waals surface area contributed by atoms with Gasteiger partial charge in [-0.3, -0.25) is 4.79 Å². The van der Waals surface area contributed by atoms with Crippen LogP contribution in [0.2, 0.25) is 13.7 Å². The summed E-state index contributed by atoms with van der Waals surface area (Å²) in [5, 5.41) is 2.92. The maximum atomic E-state index is 12.2. The van der Waals surface area contributed by atoms with Gasteiger partial charge in [0.05, 0.1) is 16.5 Å². The quantitative estimate of drug-likeness (QED) is 0.507. The molecule has 3 rings (SSSR count). The molecular formula is C16H11Cl3N2O4S3. The summed E-state index contributed by atoms with van der Waals surface area (Å²) < 4.78 is 32.2. The Bertz CT molecular complexity index is 1090. The van der Waals surface area contributed by atoms with Crippen molar-refractivity contribution in [3.8, 4) is 5.75 Å². The number of ether oxygens (including phenoxy) is 1. The summed E-state index contributed by atoms with van der Waals surface area (Å²) in [6, 6.07) is 8.08. The lowest BCUT2D eigenvalue weighted by Crippen LogP contribution is -2.31. The van der Waals surface area contributed by atoms with Gasteiger partial charge in [0, 0.05) is 10.4 Å². The zero-order valence-electron chi connectivity index (χ0n) is 13.8. The lowest BCUT2D eigenvalue weighted by atomic mass is 10.3. The zero-order valence-corrected chi connectivity index (χ0v) is 18.5. The molecule has 28 heavy (non-hydrogen) atoms. The van der Waals surface area contributed by atoms with Crippen molar-refractivity contribution in [1.82, 2.24) is 9.71 Å². The van der Waals surface area contributed by atoms with Gasteiger partial charge in [-0.1, -0.05) is 34.8 Å². The SMILES string of the molecule is O=C(Cc1csc(COc2ccc(Cl)cc2)n1)NS(=O)(=O)c1cc(Cl)sc1Cl. The number of carbonyl (C=O) groups excluding carboxylic acids is 1. The number of halogens is 3. The average molecular weight is 498 g/mol. The average Bonchev–Trinajstić information content (AvgIpc) is 3.20. The molecule has 6 nitrogen and oxygen atoms in total. The van der Waals surface area contributed by atoms with Crippen LogP contribution in [0.25, 0.3) is 0 Å². The predicted octanol–water partition coefficient (Wildman–Crippen LogP) is 4.79. The van der Waals surface area contributed by atoms with Crippen molar-refractivity contribution in [3.63, 3.8) is 0 Å². The predicted molar refractivity (Wildman–Crippen MR) is 111 cm³/mol. The van der Waals surface area contributed by atoms with E-state index in [4.69, 9.17) is 39.5 Å². The van der Waals surface area contributed by atoms with Crippen LogP contribution in [0.3, 0.4) is 0 Å². The third kappa shape index (κ3) is 5.59. The highest BCUT2D eigenvalue weighted by Gasteiger charge is 2.23. The molecule has 0 atom stereocenters. The number of nitrogens with one attached hydrogen (secondary N) is 1. The van der Waals surface area contributed by atoms with Crippen LogP contribution in [-0.4, -0.2) is 19.3 Å². The first-order chi connectivity index (χ1) is 13.2. The van der Waals surface area contributed by atoms with Crippen LogP contribution in [0, 0.1) is 0 Å². The van der Waals surface area contributed by atoms with E-state index in [9.17, 15) is 13.2 Å². The molecule has 0 aliphatic carbocycles. The van der Waals surface area contributed by atoms with Crippen molar-refractivity contribution < 1.29 is 17.9 Å². The molecule has 3 aromatic rings. The minimum atomic E-state index is -4.10. The van der Waals surface area contributed by atoms with Crippen LogP contribution in [0.1, 0.15) is 10.7 Å². The van der Waals surface area contributed by atoms with Gasteiger partial charge in [-0.2, -0.15) is 0 Å². The second kappa shape index (κ2) is 8.98. The number of rotatable bonds is 7. The number of hydrogen-bond acceptors (Lipinski definition) is 7. The Labute approximate surface area is 184 Å². The third-order valence-corrected chi connectivity index (χ3v) is 7.53. The molecule has 2 aromatic heterocycles. The highest BCUT2D eigenvalue weighted by atomic mass is 35.5. The zero-order chi connectivity index (χ0) is 20.3. The van der Waals surface area contributed by atoms with Crippen LogP contribution in [0.5, 0.6) is 5.75 Å². The molecule has 0 bridgehead atoms. The highest BCUT2D eigenvalue weighted by Crippen LogP contribution is 2.34. The number of carbonyl (C=O) groups is 1. The second-order valence-electron chi connectivity index (χ2n) is 5.37. The molecule has 12 heteroatoms. The lowest BCUT2D eigenvalue weighted by molar-refractivity contribution is -0.118. The minimum absolute atomic E-state index is 0.0133. The van der Waals surface area contributed by atoms with Crippen LogP contribution in [-0.2, 0) is 27.8 Å². The summed E-state index contributed by atoms with van der Waals surface area (Å²) in [7, 11) is -4.10. The molecular weight excluding hydrogens is 487 g/mol. The van der Waals surface area contributed by atoms with Crippen molar-refractivity contribution >= 4 is 73.4 Å². The van der Waals surface area contributed by atoms with E-state index in [1.165, 1.54) is 17.4 Å². The summed E-state index contributed by atoms with van der Waals surface area (Å²) in [4.78, 5) is 16.1. The maximum absolute atomic E-state index is 12.2. The summed E-state index contributed by atoms with van der Waals surface area (Å²) in [5.41, 5.74) is 0.432. The van der Waals surface area contributed by atoms with Gasteiger partial charge in [-0.25, -0.2) is 18.1 Å². The Morgan fingerprint density at radius 2 is 1.89 bits per heavy atom. The molecule has 1 N–H and O–H groups in total. The monoisotopic (exact) mass is 496 g/mol. The molecule has 148 valence electrons. The molecule has 0 fully saturated rings. The summed E-state index contributed by atoms with van der Waals surface area (Å²) in [6.07, 6.45) is -0.202. The van der Waals surface area contributed by atoms with E-state index in [1.54, 1.807) is 29.6 Å². The number of amides is 1. The number of aromatic nitrogens is 1. The molecule has 1 amide bonds. The lowest BCUT2D eigenvalue weighted by Gasteiger charge is -2.05. The molecule has 0 aliphatic rings. The molecule has 1 aromatic carbocycles. The smallest absolute Gasteiger partial charge is 0.266 e. The van der Waals surface area contributed by atoms with E-state index in [0.717, 1.165) is 11.3 Å². The number of hydrogen-bond donors (Lipinski definition) is 1. The fourth-order valence-corrected chi connectivity index (χ4v) is 6.05. The Hall–Kier alpha value is -1.36. The van der Waals surface area contributed by atoms with Crippen LogP contribution in [0.4, 0.5) is 0 Å². The first-order valence-corrected chi connectivity index (χ1v) is 11.9. The highest BCUT2D eigenvalue weighted by molar-refractivity contribution is 7.90. The number of thiazole rings is 1. The fraction of sp³-hybridized carbons (Fsp3) is 0.125. The molecule has 2 heterocycles. The molecule has 0 unspecified atom stereocenters. The van der Waals surface area contributed by atoms with Crippen molar-refractivity contribution in [2.45, 2.75) is 17.9 Å². The largest absolute Gasteiger partial charge is 0.486 e. The van der Waals surface area contributed by atoms with Gasteiger partial charge in [0.15, 0.2) is 0 Å². The van der Waals surface area contributed by atoms with Crippen molar-refractivity contribution in [2.75, 3.05) is 0 Å². The molecule has 0 aliphatic heterocycles. The van der Waals surface area contributed by atoms with Crippen LogP contribution >= 0.6 is 57.5 Å². The van der Waals surface area contributed by atoms with E-state index >= 15 is 0 Å². The number of benzene rings is 1. The van der Waals surface area contributed by atoms with Crippen molar-refractivity contribution in [2.24, 2.45) is 0 Å². The number of sulfonamides is 1. The Morgan fingerprint density at radius 3 is 2.54 bits per heavy atom. The Kier molecular flexibility index (Phi) is 6.85. The van der Waals surface area contributed by atoms with Crippen molar-refractivity contribution in [1.29, 1.82) is 0 Å². The number of thiophene rings is 1. The van der Waals surface area contributed by atoms with E-state index in [0.29, 0.717) is 21.5 Å². The van der Waals surface area contributed by atoms with Crippen molar-refractivity contribution in [3.05, 3.63) is 60.1 Å². The summed E-state index contributed by atoms with van der Waals surface area (Å²) >= 11 is 19.6. The molecule has 0 saturated carbocycles. The van der Waals surface area contributed by atoms with Gasteiger partial charge >= 0.3 is 0 Å². The fourth-order valence-electron chi connectivity index (χ4n) is 2.09. The van der Waals surface area contributed by atoms with E-state index in [2.05, 4.69) is 4.98 Å². The van der Waals surface area contributed by atoms with Gasteiger partial charge in [0.2, 0.25) is 5.91 Å². The summed E-state index contributed by atoms with van der Waals surface area (Å²) in [5.74, 6) is -0.0925. The summed E-state index contributed by atoms with van der Waals surface area (Å²) in [6.45, 7) is 0.217.